The van der Waals surface area contributed by atoms with Crippen molar-refractivity contribution in [3.05, 3.63) is 60.8 Å². The third-order valence-corrected chi connectivity index (χ3v) is 5.17. The van der Waals surface area contributed by atoms with Gasteiger partial charge in [0.1, 0.15) is 11.9 Å². The van der Waals surface area contributed by atoms with Gasteiger partial charge >= 0.3 is 17.9 Å². The maximum absolute atomic E-state index is 12.0. The number of carbonyl (C=O) groups excluding carboxylic acids is 3. The van der Waals surface area contributed by atoms with Crippen molar-refractivity contribution < 1.29 is 38.9 Å². The van der Waals surface area contributed by atoms with E-state index in [1.807, 2.05) is 19.1 Å². The molecule has 0 radical (unpaired) electrons. The van der Waals surface area contributed by atoms with E-state index in [1.165, 1.54) is 6.08 Å². The highest BCUT2D eigenvalue weighted by atomic mass is 16.5. The summed E-state index contributed by atoms with van der Waals surface area (Å²) in [7, 11) is 0. The van der Waals surface area contributed by atoms with Crippen molar-refractivity contribution in [2.24, 2.45) is 0 Å². The van der Waals surface area contributed by atoms with Crippen LogP contribution in [0, 0.1) is 0 Å². The van der Waals surface area contributed by atoms with E-state index in [4.69, 9.17) is 14.6 Å². The molecule has 3 atom stereocenters. The quantitative estimate of drug-likeness (QED) is 0.424. The number of ketones is 1. The number of carbonyl (C=O) groups is 4. The SMILES string of the molecule is C[C@@H]1CCC/C=C/CCC(=O)C[C@@H](O)C/C=C\C=C\[C@@H](OC(=O)CCC(=O)O)C/C=C/C=C/C(=O)O1. The molecule has 0 fully saturated rings. The molecule has 2 N–H and O–H groups in total. The average molecular weight is 503 g/mol. The van der Waals surface area contributed by atoms with Crippen LogP contribution in [0.2, 0.25) is 0 Å². The van der Waals surface area contributed by atoms with Crippen molar-refractivity contribution in [2.75, 3.05) is 0 Å². The number of esters is 2. The van der Waals surface area contributed by atoms with Crippen molar-refractivity contribution in [3.63, 3.8) is 0 Å². The number of carboxylic acids is 1. The van der Waals surface area contributed by atoms with E-state index in [0.29, 0.717) is 25.7 Å². The minimum absolute atomic E-state index is 0.000683. The van der Waals surface area contributed by atoms with Gasteiger partial charge in [0.15, 0.2) is 0 Å². The zero-order valence-electron chi connectivity index (χ0n) is 20.9. The van der Waals surface area contributed by atoms with Gasteiger partial charge in [0.2, 0.25) is 0 Å². The van der Waals surface area contributed by atoms with Gasteiger partial charge in [0.05, 0.1) is 25.0 Å². The average Bonchev–Trinajstić information content (AvgIpc) is 2.80. The topological polar surface area (TPSA) is 127 Å². The van der Waals surface area contributed by atoms with Gasteiger partial charge in [-0.2, -0.15) is 0 Å². The Labute approximate surface area is 213 Å². The second kappa shape index (κ2) is 19.0. The molecule has 0 spiro atoms. The zero-order chi connectivity index (χ0) is 26.6. The van der Waals surface area contributed by atoms with Crippen LogP contribution >= 0.6 is 0 Å². The number of allylic oxidation sites excluding steroid dienone is 6. The number of rotatable bonds is 4. The molecule has 8 heteroatoms. The predicted octanol–water partition coefficient (Wildman–Crippen LogP) is 4.54. The molecule has 36 heavy (non-hydrogen) atoms. The second-order valence-corrected chi connectivity index (χ2v) is 8.58. The summed E-state index contributed by atoms with van der Waals surface area (Å²) in [6.07, 6.45) is 18.9. The summed E-state index contributed by atoms with van der Waals surface area (Å²) in [5.74, 6) is -2.16. The molecule has 1 heterocycles. The van der Waals surface area contributed by atoms with Crippen LogP contribution in [-0.2, 0) is 28.7 Å². The number of aliphatic hydroxyl groups is 1. The molecule has 0 saturated heterocycles. The summed E-state index contributed by atoms with van der Waals surface area (Å²) in [4.78, 5) is 46.6. The van der Waals surface area contributed by atoms with Gasteiger partial charge in [-0.25, -0.2) is 4.79 Å². The van der Waals surface area contributed by atoms with Crippen molar-refractivity contribution in [1.29, 1.82) is 0 Å². The number of cyclic esters (lactones) is 1. The molecule has 0 saturated carbocycles. The van der Waals surface area contributed by atoms with Crippen molar-refractivity contribution in [3.8, 4) is 0 Å². The van der Waals surface area contributed by atoms with Crippen LogP contribution in [0.5, 0.6) is 0 Å². The molecule has 1 rings (SSSR count). The molecule has 0 unspecified atom stereocenters. The number of aliphatic hydroxyl groups excluding tert-OH is 1. The Morgan fingerprint density at radius 1 is 1.00 bits per heavy atom. The van der Waals surface area contributed by atoms with Gasteiger partial charge in [-0.1, -0.05) is 48.6 Å². The lowest BCUT2D eigenvalue weighted by Crippen LogP contribution is -2.16. The second-order valence-electron chi connectivity index (χ2n) is 8.58. The molecule has 198 valence electrons. The van der Waals surface area contributed by atoms with Crippen LogP contribution < -0.4 is 0 Å². The van der Waals surface area contributed by atoms with Crippen LogP contribution in [0.25, 0.3) is 0 Å². The lowest BCUT2D eigenvalue weighted by Gasteiger charge is -2.12. The first-order chi connectivity index (χ1) is 17.3. The number of Topliss-reactive ketones (excluding diaryl/α,β-unsaturated/α-hetero) is 1. The Balaban J connectivity index is 2.83. The Kier molecular flexibility index (Phi) is 16.2. The number of aliphatic carboxylic acids is 1. The fraction of sp³-hybridized carbons (Fsp3) is 0.500. The highest BCUT2D eigenvalue weighted by Crippen LogP contribution is 2.10. The van der Waals surface area contributed by atoms with E-state index < -0.39 is 30.1 Å². The van der Waals surface area contributed by atoms with Crippen molar-refractivity contribution >= 4 is 23.7 Å². The third kappa shape index (κ3) is 17.2. The number of hydrogen-bond acceptors (Lipinski definition) is 7. The molecule has 0 aromatic heterocycles. The van der Waals surface area contributed by atoms with E-state index >= 15 is 0 Å². The highest BCUT2D eigenvalue weighted by Gasteiger charge is 2.12. The molecule has 0 amide bonds. The molecule has 0 aromatic rings. The maximum Gasteiger partial charge on any atom is 0.331 e. The fourth-order valence-electron chi connectivity index (χ4n) is 3.28. The molecule has 0 aliphatic carbocycles. The highest BCUT2D eigenvalue weighted by molar-refractivity contribution is 5.82. The third-order valence-electron chi connectivity index (χ3n) is 5.17. The molecule has 0 aromatic carbocycles. The summed E-state index contributed by atoms with van der Waals surface area (Å²) >= 11 is 0. The Hall–Kier alpha value is -3.26. The summed E-state index contributed by atoms with van der Waals surface area (Å²) in [5.41, 5.74) is 0. The first kappa shape index (κ1) is 30.8. The maximum atomic E-state index is 12.0. The molecule has 1 aliphatic rings. The van der Waals surface area contributed by atoms with Crippen LogP contribution in [0.4, 0.5) is 0 Å². The van der Waals surface area contributed by atoms with E-state index in [9.17, 15) is 24.3 Å². The fourth-order valence-corrected chi connectivity index (χ4v) is 3.28. The van der Waals surface area contributed by atoms with Gasteiger partial charge in [0.25, 0.3) is 0 Å². The molecule has 0 bridgehead atoms. The predicted molar refractivity (Wildman–Crippen MR) is 136 cm³/mol. The lowest BCUT2D eigenvalue weighted by atomic mass is 10.1. The van der Waals surface area contributed by atoms with Gasteiger partial charge in [0, 0.05) is 25.3 Å². The van der Waals surface area contributed by atoms with E-state index in [2.05, 4.69) is 0 Å². The summed E-state index contributed by atoms with van der Waals surface area (Å²) in [5, 5.41) is 18.8. The number of hydrogen-bond donors (Lipinski definition) is 2. The Bertz CT molecular complexity index is 850. The van der Waals surface area contributed by atoms with Gasteiger partial charge in [-0.15, -0.1) is 0 Å². The first-order valence-electron chi connectivity index (χ1n) is 12.4. The normalized spacial score (nSPS) is 28.0. The summed E-state index contributed by atoms with van der Waals surface area (Å²) in [6.45, 7) is 1.84. The van der Waals surface area contributed by atoms with E-state index in [1.54, 1.807) is 42.5 Å². The van der Waals surface area contributed by atoms with E-state index in [0.717, 1.165) is 19.3 Å². The molecule has 8 nitrogen and oxygen atoms in total. The first-order valence-corrected chi connectivity index (χ1v) is 12.4. The van der Waals surface area contributed by atoms with Crippen LogP contribution in [0.1, 0.15) is 71.1 Å². The van der Waals surface area contributed by atoms with Crippen LogP contribution in [0.15, 0.2) is 60.8 Å². The smallest absolute Gasteiger partial charge is 0.331 e. The minimum atomic E-state index is -1.08. The van der Waals surface area contributed by atoms with Crippen LogP contribution in [0.3, 0.4) is 0 Å². The standard InChI is InChI=1S/C28H38O8/c1-22-13-7-3-2-4-8-14-23(29)21-24(30)15-9-5-10-16-25(36-28(34)20-19-26(31)32)17-11-6-12-18-27(33)35-22/h2,4-6,9-12,16,18,22,24-25,30H,3,7-8,13-15,17,19-21H2,1H3,(H,31,32)/b4-2+,9-5-,11-6+,16-10+,18-12+/t22-,24+,25-/m1/s1. The van der Waals surface area contributed by atoms with Crippen molar-refractivity contribution in [2.45, 2.75) is 89.4 Å². The van der Waals surface area contributed by atoms with Gasteiger partial charge in [-0.3, -0.25) is 14.4 Å². The molecular weight excluding hydrogens is 464 g/mol. The number of carboxylic acid groups (broad SMARTS) is 1. The number of ether oxygens (including phenoxy) is 2. The summed E-state index contributed by atoms with van der Waals surface area (Å²) < 4.78 is 10.7. The monoisotopic (exact) mass is 502 g/mol. The van der Waals surface area contributed by atoms with Gasteiger partial charge < -0.3 is 19.7 Å². The largest absolute Gasteiger partial charge is 0.481 e. The van der Waals surface area contributed by atoms with Crippen molar-refractivity contribution in [1.82, 2.24) is 0 Å². The molecule has 1 aliphatic heterocycles. The Morgan fingerprint density at radius 3 is 2.50 bits per heavy atom. The van der Waals surface area contributed by atoms with E-state index in [-0.39, 0.29) is 31.1 Å². The molecular formula is C28H38O8. The Morgan fingerprint density at radius 2 is 1.72 bits per heavy atom. The van der Waals surface area contributed by atoms with Gasteiger partial charge in [-0.05, 0) is 45.1 Å². The summed E-state index contributed by atoms with van der Waals surface area (Å²) in [6, 6.07) is 0. The zero-order valence-corrected chi connectivity index (χ0v) is 20.9. The van der Waals surface area contributed by atoms with Crippen LogP contribution in [-0.4, -0.2) is 52.2 Å². The minimum Gasteiger partial charge on any atom is -0.481 e. The lowest BCUT2D eigenvalue weighted by molar-refractivity contribution is -0.150.